The summed E-state index contributed by atoms with van der Waals surface area (Å²) in [5.41, 5.74) is 2.05. The second-order valence-electron chi connectivity index (χ2n) is 12.3. The second kappa shape index (κ2) is 16.1. The Kier molecular flexibility index (Phi) is 11.9. The van der Waals surface area contributed by atoms with E-state index in [0.717, 1.165) is 11.8 Å². The molecule has 15 heteroatoms. The van der Waals surface area contributed by atoms with Crippen LogP contribution in [0.2, 0.25) is 0 Å². The predicted molar refractivity (Wildman–Crippen MR) is 178 cm³/mol. The molecule has 9 atom stereocenters. The first kappa shape index (κ1) is 37.6. The van der Waals surface area contributed by atoms with Gasteiger partial charge in [0.15, 0.2) is 29.3 Å². The van der Waals surface area contributed by atoms with Gasteiger partial charge in [-0.3, -0.25) is 4.79 Å². The van der Waals surface area contributed by atoms with Crippen molar-refractivity contribution >= 4 is 18.0 Å². The lowest BCUT2D eigenvalue weighted by molar-refractivity contribution is -0.339. The first-order chi connectivity index (χ1) is 24.4. The first-order valence-electron chi connectivity index (χ1n) is 16.2. The summed E-state index contributed by atoms with van der Waals surface area (Å²) in [5.74, 6) is -2.47. The van der Waals surface area contributed by atoms with Gasteiger partial charge in [0.1, 0.15) is 24.4 Å². The maximum atomic E-state index is 13.9. The fraction of sp³-hybridized carbons (Fsp3) is 0.444. The molecule has 3 aliphatic heterocycles. The number of ether oxygens (including phenoxy) is 6. The second-order valence-corrected chi connectivity index (χ2v) is 12.3. The van der Waals surface area contributed by atoms with E-state index in [1.165, 1.54) is 45.6 Å². The van der Waals surface area contributed by atoms with Crippen molar-refractivity contribution in [1.82, 2.24) is 4.90 Å². The molecule has 0 spiro atoms. The van der Waals surface area contributed by atoms with E-state index in [0.29, 0.717) is 17.5 Å². The molecule has 0 aliphatic carbocycles. The molecule has 0 unspecified atom stereocenters. The molecule has 5 rings (SSSR count). The number of phenolic OH excluding ortho intramolecular Hbond substituents is 2. The van der Waals surface area contributed by atoms with Crippen LogP contribution in [0.5, 0.6) is 23.0 Å². The van der Waals surface area contributed by atoms with Gasteiger partial charge >= 0.3 is 5.97 Å². The van der Waals surface area contributed by atoms with E-state index in [1.54, 1.807) is 29.2 Å². The highest BCUT2D eigenvalue weighted by molar-refractivity contribution is 5.92. The SMILES string of the molecule is C=C[C@H]1[C@H](O[C@@H]2O[C@H](CO)[C@@H](O)[C@H](O)[C@H]2O)OC=C(C(=O)OC)[C@H]1C[C@@H]1c2cc(O)c(OC)cc2CCN1C(=O)C=Cc1ccc(OC)c(O)c1. The number of aliphatic hydroxyl groups is 4. The topological polar surface area (TPSA) is 214 Å². The Hall–Kier alpha value is -4.64. The summed E-state index contributed by atoms with van der Waals surface area (Å²) in [7, 11) is 4.06. The normalized spacial score (nSPS) is 29.0. The zero-order valence-electron chi connectivity index (χ0n) is 28.3. The van der Waals surface area contributed by atoms with Gasteiger partial charge in [0, 0.05) is 24.5 Å². The number of amides is 1. The quantitative estimate of drug-likeness (QED) is 0.110. The average molecular weight is 714 g/mol. The lowest BCUT2D eigenvalue weighted by atomic mass is 9.76. The van der Waals surface area contributed by atoms with Crippen molar-refractivity contribution in [2.45, 2.75) is 55.9 Å². The summed E-state index contributed by atoms with van der Waals surface area (Å²) >= 11 is 0. The summed E-state index contributed by atoms with van der Waals surface area (Å²) in [6.45, 7) is 3.52. The van der Waals surface area contributed by atoms with Crippen molar-refractivity contribution in [2.24, 2.45) is 11.8 Å². The monoisotopic (exact) mass is 713 g/mol. The molecule has 1 saturated heterocycles. The number of rotatable bonds is 11. The molecule has 1 fully saturated rings. The molecule has 51 heavy (non-hydrogen) atoms. The third kappa shape index (κ3) is 7.68. The van der Waals surface area contributed by atoms with Gasteiger partial charge in [-0.2, -0.15) is 0 Å². The Balaban J connectivity index is 1.51. The number of aliphatic hydroxyl groups excluding tert-OH is 4. The van der Waals surface area contributed by atoms with Crippen LogP contribution in [0.4, 0.5) is 0 Å². The Bertz CT molecular complexity index is 1660. The standard InChI is InChI=1S/C36H43NO14/c1-5-20-22(23(34(45)48-4)17-49-35(20)51-36-33(44)32(43)31(42)29(16-38)50-36)14-24-21-15-26(40)28(47-3)13-19(21)10-11-37(24)30(41)9-7-18-6-8-27(46-2)25(39)12-18/h5-9,12-13,15,17,20,22,24,29,31-33,35-36,38-40,42-44H,1,10-11,14,16H2,2-4H3/t20-,22+,24-,29-,31-,32+,33-,35+,36+/m1/s1. The zero-order valence-corrected chi connectivity index (χ0v) is 28.3. The number of esters is 1. The van der Waals surface area contributed by atoms with E-state index in [4.69, 9.17) is 28.4 Å². The van der Waals surface area contributed by atoms with Crippen LogP contribution in [0.15, 0.2) is 60.9 Å². The average Bonchev–Trinajstić information content (AvgIpc) is 3.13. The van der Waals surface area contributed by atoms with Crippen molar-refractivity contribution in [3.63, 3.8) is 0 Å². The fourth-order valence-electron chi connectivity index (χ4n) is 6.74. The lowest BCUT2D eigenvalue weighted by Crippen LogP contribution is -2.60. The summed E-state index contributed by atoms with van der Waals surface area (Å²) in [5, 5.41) is 61.9. The fourth-order valence-corrected chi connectivity index (χ4v) is 6.74. The summed E-state index contributed by atoms with van der Waals surface area (Å²) in [6, 6.07) is 7.19. The third-order valence-electron chi connectivity index (χ3n) is 9.50. The number of hydrogen-bond acceptors (Lipinski definition) is 14. The van der Waals surface area contributed by atoms with Gasteiger partial charge in [-0.25, -0.2) is 4.79 Å². The molecule has 0 aromatic heterocycles. The number of benzene rings is 2. The number of aromatic hydroxyl groups is 2. The van der Waals surface area contributed by atoms with Gasteiger partial charge in [-0.1, -0.05) is 12.1 Å². The number of phenols is 2. The molecule has 276 valence electrons. The molecule has 2 aromatic rings. The Morgan fingerprint density at radius 1 is 0.980 bits per heavy atom. The maximum Gasteiger partial charge on any atom is 0.337 e. The number of carbonyl (C=O) groups excluding carboxylic acids is 2. The van der Waals surface area contributed by atoms with E-state index in [1.807, 2.05) is 0 Å². The number of carbonyl (C=O) groups is 2. The minimum Gasteiger partial charge on any atom is -0.504 e. The first-order valence-corrected chi connectivity index (χ1v) is 16.2. The van der Waals surface area contributed by atoms with Crippen molar-refractivity contribution in [2.75, 3.05) is 34.5 Å². The highest BCUT2D eigenvalue weighted by Gasteiger charge is 2.48. The smallest absolute Gasteiger partial charge is 0.337 e. The van der Waals surface area contributed by atoms with Crippen molar-refractivity contribution in [3.8, 4) is 23.0 Å². The lowest BCUT2D eigenvalue weighted by Gasteiger charge is -2.44. The van der Waals surface area contributed by atoms with E-state index in [-0.39, 0.29) is 41.5 Å². The Labute approximate surface area is 294 Å². The molecule has 2 aromatic carbocycles. The zero-order chi connectivity index (χ0) is 37.0. The highest BCUT2D eigenvalue weighted by atomic mass is 16.8. The van der Waals surface area contributed by atoms with Crippen LogP contribution in [-0.2, 0) is 35.0 Å². The van der Waals surface area contributed by atoms with E-state index in [2.05, 4.69) is 6.58 Å². The highest BCUT2D eigenvalue weighted by Crippen LogP contribution is 2.45. The molecular weight excluding hydrogens is 670 g/mol. The molecule has 15 nitrogen and oxygen atoms in total. The molecule has 0 radical (unpaired) electrons. The van der Waals surface area contributed by atoms with Gasteiger partial charge in [0.2, 0.25) is 12.2 Å². The van der Waals surface area contributed by atoms with Crippen LogP contribution in [0.25, 0.3) is 6.08 Å². The predicted octanol–water partition coefficient (Wildman–Crippen LogP) is 1.29. The Morgan fingerprint density at radius 3 is 2.35 bits per heavy atom. The summed E-state index contributed by atoms with van der Waals surface area (Å²) in [4.78, 5) is 28.7. The van der Waals surface area contributed by atoms with Crippen molar-refractivity contribution in [1.29, 1.82) is 0 Å². The maximum absolute atomic E-state index is 13.9. The number of methoxy groups -OCH3 is 3. The van der Waals surface area contributed by atoms with Gasteiger partial charge in [0.05, 0.1) is 45.8 Å². The summed E-state index contributed by atoms with van der Waals surface area (Å²) < 4.78 is 32.8. The number of fused-ring (bicyclic) bond motifs is 1. The largest absolute Gasteiger partial charge is 0.504 e. The van der Waals surface area contributed by atoms with Crippen LogP contribution in [-0.4, -0.2) is 119 Å². The molecule has 0 saturated carbocycles. The third-order valence-corrected chi connectivity index (χ3v) is 9.50. The van der Waals surface area contributed by atoms with E-state index >= 15 is 0 Å². The van der Waals surface area contributed by atoms with Crippen LogP contribution in [0.3, 0.4) is 0 Å². The minimum atomic E-state index is -1.73. The van der Waals surface area contributed by atoms with E-state index in [9.17, 15) is 40.2 Å². The van der Waals surface area contributed by atoms with Crippen LogP contribution < -0.4 is 9.47 Å². The van der Waals surface area contributed by atoms with Gasteiger partial charge < -0.3 is 64.0 Å². The van der Waals surface area contributed by atoms with Crippen LogP contribution in [0.1, 0.15) is 29.2 Å². The Morgan fingerprint density at radius 2 is 1.71 bits per heavy atom. The van der Waals surface area contributed by atoms with Gasteiger partial charge in [0.25, 0.3) is 0 Å². The molecular formula is C36H43NO14. The van der Waals surface area contributed by atoms with Crippen molar-refractivity contribution in [3.05, 3.63) is 77.6 Å². The van der Waals surface area contributed by atoms with Gasteiger partial charge in [-0.05, 0) is 59.9 Å². The summed E-state index contributed by atoms with van der Waals surface area (Å²) in [6.07, 6.45) is -3.07. The van der Waals surface area contributed by atoms with Gasteiger partial charge in [-0.15, -0.1) is 6.58 Å². The van der Waals surface area contributed by atoms with Crippen molar-refractivity contribution < 1.29 is 68.6 Å². The van der Waals surface area contributed by atoms with E-state index < -0.39 is 73.4 Å². The molecule has 1 amide bonds. The molecule has 6 N–H and O–H groups in total. The molecule has 3 aliphatic rings. The molecule has 0 bridgehead atoms. The molecule has 3 heterocycles. The number of hydrogen-bond donors (Lipinski definition) is 6. The van der Waals surface area contributed by atoms with Crippen LogP contribution >= 0.6 is 0 Å². The van der Waals surface area contributed by atoms with Crippen LogP contribution in [0, 0.1) is 11.8 Å². The number of nitrogens with zero attached hydrogens (tertiary/aromatic N) is 1. The minimum absolute atomic E-state index is 0.0667.